The Morgan fingerprint density at radius 1 is 1.42 bits per heavy atom. The molecule has 2 unspecified atom stereocenters. The summed E-state index contributed by atoms with van der Waals surface area (Å²) in [6.45, 7) is 3.86. The molecule has 0 spiro atoms. The number of halogens is 2. The minimum absolute atomic E-state index is 0.0397. The van der Waals surface area contributed by atoms with Crippen molar-refractivity contribution < 1.29 is 8.78 Å². The molecule has 1 saturated heterocycles. The van der Waals surface area contributed by atoms with Crippen molar-refractivity contribution in [3.8, 4) is 0 Å². The van der Waals surface area contributed by atoms with E-state index < -0.39 is 11.6 Å². The number of thioether (sulfide) groups is 1. The zero-order valence-electron chi connectivity index (χ0n) is 11.3. The molecule has 0 bridgehead atoms. The Kier molecular flexibility index (Phi) is 5.19. The highest BCUT2D eigenvalue weighted by Crippen LogP contribution is 2.27. The van der Waals surface area contributed by atoms with Gasteiger partial charge in [-0.25, -0.2) is 8.78 Å². The number of likely N-dealkylation sites (N-methyl/N-ethyl adjacent to an activating group) is 2. The van der Waals surface area contributed by atoms with Gasteiger partial charge in [0.05, 0.1) is 0 Å². The molecule has 1 aromatic carbocycles. The molecule has 1 heterocycles. The van der Waals surface area contributed by atoms with Gasteiger partial charge in [-0.1, -0.05) is 13.0 Å². The molecule has 0 radical (unpaired) electrons. The Morgan fingerprint density at radius 3 is 2.84 bits per heavy atom. The molecule has 2 atom stereocenters. The van der Waals surface area contributed by atoms with Gasteiger partial charge in [-0.3, -0.25) is 4.90 Å². The molecule has 1 aliphatic rings. The zero-order valence-corrected chi connectivity index (χ0v) is 12.1. The van der Waals surface area contributed by atoms with Crippen molar-refractivity contribution >= 4 is 11.8 Å². The van der Waals surface area contributed by atoms with Gasteiger partial charge in [-0.15, -0.1) is 0 Å². The molecule has 0 aromatic heterocycles. The van der Waals surface area contributed by atoms with Gasteiger partial charge in [-0.05, 0) is 31.3 Å². The van der Waals surface area contributed by atoms with Gasteiger partial charge in [0.1, 0.15) is 0 Å². The molecule has 0 amide bonds. The van der Waals surface area contributed by atoms with E-state index in [0.29, 0.717) is 6.04 Å². The number of hydrogen-bond acceptors (Lipinski definition) is 3. The molecule has 1 aliphatic heterocycles. The summed E-state index contributed by atoms with van der Waals surface area (Å²) >= 11 is 1.91. The van der Waals surface area contributed by atoms with Crippen LogP contribution in [0.5, 0.6) is 0 Å². The minimum Gasteiger partial charge on any atom is -0.309 e. The van der Waals surface area contributed by atoms with Crippen molar-refractivity contribution in [1.29, 1.82) is 0 Å². The smallest absolute Gasteiger partial charge is 0.159 e. The fourth-order valence-electron chi connectivity index (χ4n) is 2.46. The molecule has 1 fully saturated rings. The van der Waals surface area contributed by atoms with Crippen LogP contribution in [0.15, 0.2) is 18.2 Å². The van der Waals surface area contributed by atoms with Gasteiger partial charge >= 0.3 is 0 Å². The Bertz CT molecular complexity index is 428. The van der Waals surface area contributed by atoms with Crippen molar-refractivity contribution in [2.45, 2.75) is 19.0 Å². The second kappa shape index (κ2) is 6.68. The van der Waals surface area contributed by atoms with Crippen molar-refractivity contribution in [3.63, 3.8) is 0 Å². The molecule has 1 aromatic rings. The number of hydrogen-bond donors (Lipinski definition) is 1. The SMILES string of the molecule is CCNC(c1ccc(F)c(F)c1)C1CSCCN1C. The molecule has 1 N–H and O–H groups in total. The largest absolute Gasteiger partial charge is 0.309 e. The summed E-state index contributed by atoms with van der Waals surface area (Å²) < 4.78 is 26.5. The van der Waals surface area contributed by atoms with E-state index in [4.69, 9.17) is 0 Å². The first-order valence-electron chi connectivity index (χ1n) is 6.59. The topological polar surface area (TPSA) is 15.3 Å². The minimum atomic E-state index is -0.787. The Hall–Kier alpha value is -0.650. The van der Waals surface area contributed by atoms with E-state index >= 15 is 0 Å². The van der Waals surface area contributed by atoms with Crippen LogP contribution < -0.4 is 5.32 Å². The van der Waals surface area contributed by atoms with E-state index in [9.17, 15) is 8.78 Å². The van der Waals surface area contributed by atoms with Gasteiger partial charge in [0.15, 0.2) is 11.6 Å². The second-order valence-corrected chi connectivity index (χ2v) is 5.98. The summed E-state index contributed by atoms with van der Waals surface area (Å²) in [5, 5.41) is 3.40. The van der Waals surface area contributed by atoms with Crippen molar-refractivity contribution in [1.82, 2.24) is 10.2 Å². The number of benzene rings is 1. The second-order valence-electron chi connectivity index (χ2n) is 4.83. The average Bonchev–Trinajstić information content (AvgIpc) is 2.40. The van der Waals surface area contributed by atoms with Crippen LogP contribution in [0.3, 0.4) is 0 Å². The molecule has 2 nitrogen and oxygen atoms in total. The van der Waals surface area contributed by atoms with Gasteiger partial charge in [0.25, 0.3) is 0 Å². The van der Waals surface area contributed by atoms with Crippen LogP contribution in [0.2, 0.25) is 0 Å². The third kappa shape index (κ3) is 3.46. The van der Waals surface area contributed by atoms with Gasteiger partial charge in [0, 0.05) is 30.1 Å². The Balaban J connectivity index is 2.25. The maximum atomic E-state index is 13.4. The van der Waals surface area contributed by atoms with Crippen molar-refractivity contribution in [3.05, 3.63) is 35.4 Å². The lowest BCUT2D eigenvalue weighted by Gasteiger charge is -2.38. The van der Waals surface area contributed by atoms with E-state index in [1.807, 2.05) is 18.7 Å². The lowest BCUT2D eigenvalue weighted by molar-refractivity contribution is 0.216. The Morgan fingerprint density at radius 2 is 2.21 bits per heavy atom. The van der Waals surface area contributed by atoms with Gasteiger partial charge in [0.2, 0.25) is 0 Å². The van der Waals surface area contributed by atoms with Crippen LogP contribution in [-0.4, -0.2) is 42.6 Å². The third-order valence-corrected chi connectivity index (χ3v) is 4.60. The molecule has 5 heteroatoms. The van der Waals surface area contributed by atoms with E-state index in [2.05, 4.69) is 17.3 Å². The van der Waals surface area contributed by atoms with E-state index in [1.165, 1.54) is 12.1 Å². The fraction of sp³-hybridized carbons (Fsp3) is 0.571. The van der Waals surface area contributed by atoms with Crippen LogP contribution in [-0.2, 0) is 0 Å². The predicted molar refractivity (Wildman–Crippen MR) is 76.5 cm³/mol. The molecule has 106 valence electrons. The molecule has 0 saturated carbocycles. The monoisotopic (exact) mass is 286 g/mol. The highest BCUT2D eigenvalue weighted by Gasteiger charge is 2.29. The fourth-order valence-corrected chi connectivity index (χ4v) is 3.73. The van der Waals surface area contributed by atoms with E-state index in [-0.39, 0.29) is 6.04 Å². The lowest BCUT2D eigenvalue weighted by Crippen LogP contribution is -2.47. The summed E-state index contributed by atoms with van der Waals surface area (Å²) in [4.78, 5) is 2.30. The molecule has 0 aliphatic carbocycles. The van der Waals surface area contributed by atoms with Crippen LogP contribution in [0, 0.1) is 11.6 Å². The number of nitrogens with one attached hydrogen (secondary N) is 1. The van der Waals surface area contributed by atoms with E-state index in [1.54, 1.807) is 6.07 Å². The first kappa shape index (κ1) is 14.8. The quantitative estimate of drug-likeness (QED) is 0.916. The summed E-state index contributed by atoms with van der Waals surface area (Å²) in [7, 11) is 2.09. The first-order valence-corrected chi connectivity index (χ1v) is 7.75. The molecule has 19 heavy (non-hydrogen) atoms. The van der Waals surface area contributed by atoms with Crippen LogP contribution in [0.1, 0.15) is 18.5 Å². The number of rotatable bonds is 4. The molecule has 2 rings (SSSR count). The van der Waals surface area contributed by atoms with Crippen LogP contribution in [0.4, 0.5) is 8.78 Å². The Labute approximate surface area is 117 Å². The summed E-state index contributed by atoms with van der Waals surface area (Å²) in [5.41, 5.74) is 0.820. The lowest BCUT2D eigenvalue weighted by atomic mass is 9.98. The van der Waals surface area contributed by atoms with Crippen molar-refractivity contribution in [2.24, 2.45) is 0 Å². The zero-order chi connectivity index (χ0) is 13.8. The van der Waals surface area contributed by atoms with E-state index in [0.717, 1.165) is 30.2 Å². The first-order chi connectivity index (χ1) is 9.13. The summed E-state index contributed by atoms with van der Waals surface area (Å²) in [5.74, 6) is 0.577. The summed E-state index contributed by atoms with van der Waals surface area (Å²) in [6.07, 6.45) is 0. The average molecular weight is 286 g/mol. The van der Waals surface area contributed by atoms with Gasteiger partial charge in [-0.2, -0.15) is 11.8 Å². The normalized spacial score (nSPS) is 22.4. The van der Waals surface area contributed by atoms with Crippen molar-refractivity contribution in [2.75, 3.05) is 31.6 Å². The number of nitrogens with zero attached hydrogens (tertiary/aromatic N) is 1. The predicted octanol–water partition coefficient (Wildman–Crippen LogP) is 2.66. The molecular formula is C14H20F2N2S. The standard InChI is InChI=1S/C14H20F2N2S/c1-3-17-14(13-9-19-7-6-18(13)2)10-4-5-11(15)12(16)8-10/h4-5,8,13-14,17H,3,6-7,9H2,1-2H3. The van der Waals surface area contributed by atoms with Gasteiger partial charge < -0.3 is 5.32 Å². The third-order valence-electron chi connectivity index (χ3n) is 3.55. The molecular weight excluding hydrogens is 266 g/mol. The summed E-state index contributed by atoms with van der Waals surface area (Å²) in [6, 6.07) is 4.56. The van der Waals surface area contributed by atoms with Crippen LogP contribution in [0.25, 0.3) is 0 Å². The van der Waals surface area contributed by atoms with Crippen LogP contribution >= 0.6 is 11.8 Å². The maximum absolute atomic E-state index is 13.4. The highest BCUT2D eigenvalue weighted by molar-refractivity contribution is 7.99. The highest BCUT2D eigenvalue weighted by atomic mass is 32.2. The maximum Gasteiger partial charge on any atom is 0.159 e.